The molecular weight excluding hydrogens is 315 g/mol. The molecular formula is C9H16Cl2N4O3S. The zero-order chi connectivity index (χ0) is 13.3. The summed E-state index contributed by atoms with van der Waals surface area (Å²) in [6.07, 6.45) is 1.04. The van der Waals surface area contributed by atoms with Crippen LogP contribution in [0, 0.1) is 0 Å². The number of hydrogen-bond acceptors (Lipinski definition) is 5. The van der Waals surface area contributed by atoms with E-state index < -0.39 is 10.0 Å². The van der Waals surface area contributed by atoms with Crippen molar-refractivity contribution in [1.29, 1.82) is 0 Å². The third kappa shape index (κ3) is 3.21. The lowest BCUT2D eigenvalue weighted by molar-refractivity contribution is 0.00437. The SMILES string of the molecule is Cl.Cn1ncc(Cl)c1S(=O)(=O)N1CCOC(CN)C1. The van der Waals surface area contributed by atoms with Crippen LogP contribution in [-0.2, 0) is 21.8 Å². The van der Waals surface area contributed by atoms with Crippen LogP contribution < -0.4 is 5.73 Å². The Morgan fingerprint density at radius 2 is 2.32 bits per heavy atom. The molecule has 1 aliphatic heterocycles. The van der Waals surface area contributed by atoms with Gasteiger partial charge in [-0.15, -0.1) is 12.4 Å². The topological polar surface area (TPSA) is 90.5 Å². The van der Waals surface area contributed by atoms with Gasteiger partial charge in [-0.2, -0.15) is 9.40 Å². The molecule has 1 aromatic heterocycles. The first-order chi connectivity index (χ1) is 8.46. The first-order valence-electron chi connectivity index (χ1n) is 5.46. The highest BCUT2D eigenvalue weighted by atomic mass is 35.5. The summed E-state index contributed by atoms with van der Waals surface area (Å²) in [6.45, 7) is 1.14. The summed E-state index contributed by atoms with van der Waals surface area (Å²) in [6, 6.07) is 0. The molecule has 1 atom stereocenters. The van der Waals surface area contributed by atoms with Crippen molar-refractivity contribution < 1.29 is 13.2 Å². The maximum absolute atomic E-state index is 12.4. The Labute approximate surface area is 123 Å². The fourth-order valence-corrected chi connectivity index (χ4v) is 3.93. The van der Waals surface area contributed by atoms with E-state index in [1.165, 1.54) is 15.2 Å². The van der Waals surface area contributed by atoms with Crippen molar-refractivity contribution in [2.75, 3.05) is 26.2 Å². The van der Waals surface area contributed by atoms with Crippen LogP contribution in [0.1, 0.15) is 0 Å². The van der Waals surface area contributed by atoms with E-state index in [0.29, 0.717) is 13.2 Å². The van der Waals surface area contributed by atoms with E-state index in [2.05, 4.69) is 5.10 Å². The van der Waals surface area contributed by atoms with Gasteiger partial charge >= 0.3 is 0 Å². The second kappa shape index (κ2) is 6.38. The van der Waals surface area contributed by atoms with Crippen LogP contribution in [0.15, 0.2) is 11.2 Å². The predicted octanol–water partition coefficient (Wildman–Crippen LogP) is -0.157. The molecule has 10 heteroatoms. The van der Waals surface area contributed by atoms with E-state index in [9.17, 15) is 8.42 Å². The standard InChI is InChI=1S/C9H15ClN4O3S.ClH/c1-13-9(8(10)5-12-13)18(15,16)14-2-3-17-7(4-11)6-14;/h5,7H,2-4,6,11H2,1H3;1H. The number of aryl methyl sites for hydroxylation is 1. The Morgan fingerprint density at radius 3 is 2.84 bits per heavy atom. The van der Waals surface area contributed by atoms with Crippen molar-refractivity contribution in [2.24, 2.45) is 12.8 Å². The van der Waals surface area contributed by atoms with E-state index in [1.54, 1.807) is 7.05 Å². The first-order valence-corrected chi connectivity index (χ1v) is 7.28. The monoisotopic (exact) mass is 330 g/mol. The molecule has 1 aliphatic rings. The molecule has 2 rings (SSSR count). The molecule has 0 spiro atoms. The summed E-state index contributed by atoms with van der Waals surface area (Å²) in [4.78, 5) is 0. The molecule has 0 radical (unpaired) electrons. The van der Waals surface area contributed by atoms with Gasteiger partial charge in [0.15, 0.2) is 5.03 Å². The van der Waals surface area contributed by atoms with E-state index in [-0.39, 0.29) is 41.6 Å². The average molecular weight is 331 g/mol. The van der Waals surface area contributed by atoms with Crippen LogP contribution >= 0.6 is 24.0 Å². The second-order valence-corrected chi connectivity index (χ2v) is 6.27. The molecule has 0 saturated carbocycles. The van der Waals surface area contributed by atoms with Gasteiger partial charge < -0.3 is 10.5 Å². The number of sulfonamides is 1. The zero-order valence-corrected chi connectivity index (χ0v) is 12.7. The number of halogens is 2. The Hall–Kier alpha value is -0.380. The minimum absolute atomic E-state index is 0. The highest BCUT2D eigenvalue weighted by Gasteiger charge is 2.33. The van der Waals surface area contributed by atoms with E-state index in [0.717, 1.165) is 0 Å². The minimum Gasteiger partial charge on any atom is -0.374 e. The first kappa shape index (κ1) is 16.7. The lowest BCUT2D eigenvalue weighted by Crippen LogP contribution is -2.48. The summed E-state index contributed by atoms with van der Waals surface area (Å²) >= 11 is 5.87. The van der Waals surface area contributed by atoms with Crippen molar-refractivity contribution in [1.82, 2.24) is 14.1 Å². The van der Waals surface area contributed by atoms with Gasteiger partial charge in [0.25, 0.3) is 10.0 Å². The predicted molar refractivity (Wildman–Crippen MR) is 73.0 cm³/mol. The van der Waals surface area contributed by atoms with Crippen LogP contribution in [0.25, 0.3) is 0 Å². The quantitative estimate of drug-likeness (QED) is 0.831. The van der Waals surface area contributed by atoms with Crippen LogP contribution in [0.4, 0.5) is 0 Å². The average Bonchev–Trinajstić information content (AvgIpc) is 2.69. The molecule has 19 heavy (non-hydrogen) atoms. The van der Waals surface area contributed by atoms with Crippen LogP contribution in [0.5, 0.6) is 0 Å². The van der Waals surface area contributed by atoms with Crippen LogP contribution in [0.2, 0.25) is 5.02 Å². The van der Waals surface area contributed by atoms with Crippen molar-refractivity contribution in [3.05, 3.63) is 11.2 Å². The summed E-state index contributed by atoms with van der Waals surface area (Å²) in [5.74, 6) is 0. The maximum Gasteiger partial charge on any atom is 0.261 e. The van der Waals surface area contributed by atoms with Crippen molar-refractivity contribution in [3.8, 4) is 0 Å². The molecule has 2 heterocycles. The number of nitrogens with zero attached hydrogens (tertiary/aromatic N) is 3. The fraction of sp³-hybridized carbons (Fsp3) is 0.667. The Morgan fingerprint density at radius 1 is 1.63 bits per heavy atom. The fourth-order valence-electron chi connectivity index (χ4n) is 1.87. The van der Waals surface area contributed by atoms with Crippen molar-refractivity contribution in [2.45, 2.75) is 11.1 Å². The van der Waals surface area contributed by atoms with E-state index in [1.807, 2.05) is 0 Å². The van der Waals surface area contributed by atoms with Crippen LogP contribution in [-0.4, -0.2) is 54.8 Å². The lowest BCUT2D eigenvalue weighted by Gasteiger charge is -2.31. The third-order valence-electron chi connectivity index (χ3n) is 2.79. The number of morpholine rings is 1. The summed E-state index contributed by atoms with van der Waals surface area (Å²) in [5, 5.41) is 3.96. The van der Waals surface area contributed by atoms with E-state index >= 15 is 0 Å². The number of aromatic nitrogens is 2. The number of hydrogen-bond donors (Lipinski definition) is 1. The van der Waals surface area contributed by atoms with Gasteiger partial charge in [0, 0.05) is 26.7 Å². The smallest absolute Gasteiger partial charge is 0.261 e. The van der Waals surface area contributed by atoms with Crippen LogP contribution in [0.3, 0.4) is 0 Å². The van der Waals surface area contributed by atoms with Gasteiger partial charge in [-0.05, 0) is 0 Å². The second-order valence-electron chi connectivity index (χ2n) is 4.01. The normalized spacial score (nSPS) is 21.1. The lowest BCUT2D eigenvalue weighted by atomic mass is 10.3. The Bertz CT molecular complexity index is 514. The molecule has 0 amide bonds. The zero-order valence-electron chi connectivity index (χ0n) is 10.3. The summed E-state index contributed by atoms with van der Waals surface area (Å²) in [5.41, 5.74) is 5.50. The summed E-state index contributed by atoms with van der Waals surface area (Å²) < 4.78 is 32.8. The molecule has 1 saturated heterocycles. The van der Waals surface area contributed by atoms with Crippen molar-refractivity contribution in [3.63, 3.8) is 0 Å². The maximum atomic E-state index is 12.4. The van der Waals surface area contributed by atoms with Gasteiger partial charge in [0.1, 0.15) is 0 Å². The largest absolute Gasteiger partial charge is 0.374 e. The third-order valence-corrected chi connectivity index (χ3v) is 5.16. The number of rotatable bonds is 3. The molecule has 0 bridgehead atoms. The number of ether oxygens (including phenoxy) is 1. The minimum atomic E-state index is -3.66. The number of nitrogens with two attached hydrogens (primary N) is 1. The molecule has 2 N–H and O–H groups in total. The molecule has 0 aromatic carbocycles. The molecule has 7 nitrogen and oxygen atoms in total. The molecule has 110 valence electrons. The highest BCUT2D eigenvalue weighted by molar-refractivity contribution is 7.89. The Balaban J connectivity index is 0.00000180. The van der Waals surface area contributed by atoms with Gasteiger partial charge in [0.05, 0.1) is 23.9 Å². The molecule has 1 aromatic rings. The molecule has 0 aliphatic carbocycles. The Kier molecular flexibility index (Phi) is 5.60. The van der Waals surface area contributed by atoms with Gasteiger partial charge in [-0.25, -0.2) is 8.42 Å². The molecule has 1 unspecified atom stereocenters. The van der Waals surface area contributed by atoms with Gasteiger partial charge in [0.2, 0.25) is 0 Å². The molecule has 1 fully saturated rings. The highest BCUT2D eigenvalue weighted by Crippen LogP contribution is 2.24. The van der Waals surface area contributed by atoms with Gasteiger partial charge in [-0.1, -0.05) is 11.6 Å². The van der Waals surface area contributed by atoms with Gasteiger partial charge in [-0.3, -0.25) is 4.68 Å². The van der Waals surface area contributed by atoms with Crippen molar-refractivity contribution >= 4 is 34.0 Å². The summed E-state index contributed by atoms with van der Waals surface area (Å²) in [7, 11) is -2.12. The van der Waals surface area contributed by atoms with E-state index in [4.69, 9.17) is 22.1 Å².